The van der Waals surface area contributed by atoms with Gasteiger partial charge in [-0.15, -0.1) is 0 Å². The number of phenols is 1. The van der Waals surface area contributed by atoms with Crippen molar-refractivity contribution in [2.24, 2.45) is 5.92 Å². The molecule has 2 aromatic rings. The van der Waals surface area contributed by atoms with E-state index < -0.39 is 11.6 Å². The molecule has 0 bridgehead atoms. The molecule has 1 N–H and O–H groups in total. The normalized spacial score (nSPS) is 11.9. The first-order valence-electron chi connectivity index (χ1n) is 9.38. The summed E-state index contributed by atoms with van der Waals surface area (Å²) in [5.41, 5.74) is 1.46. The van der Waals surface area contributed by atoms with E-state index in [9.17, 15) is 18.7 Å². The predicted octanol–water partition coefficient (Wildman–Crippen LogP) is 4.98. The molecule has 0 aliphatic carbocycles. The number of aromatic hydroxyl groups is 1. The van der Waals surface area contributed by atoms with Gasteiger partial charge in [-0.1, -0.05) is 19.1 Å². The lowest BCUT2D eigenvalue weighted by Crippen LogP contribution is -2.05. The third-order valence-corrected chi connectivity index (χ3v) is 4.50. The van der Waals surface area contributed by atoms with Crippen molar-refractivity contribution in [3.8, 4) is 17.2 Å². The van der Waals surface area contributed by atoms with E-state index in [1.54, 1.807) is 6.92 Å². The number of hydrogen-bond donors (Lipinski definition) is 1. The van der Waals surface area contributed by atoms with Gasteiger partial charge in [0.15, 0.2) is 11.6 Å². The molecule has 1 unspecified atom stereocenters. The van der Waals surface area contributed by atoms with Gasteiger partial charge in [0.1, 0.15) is 17.8 Å². The number of carbonyl (C=O) groups excluding carboxylic acids is 1. The van der Waals surface area contributed by atoms with E-state index in [0.29, 0.717) is 43.6 Å². The first-order chi connectivity index (χ1) is 13.4. The second kappa shape index (κ2) is 10.6. The van der Waals surface area contributed by atoms with Crippen LogP contribution in [0.1, 0.15) is 37.3 Å². The molecule has 2 rings (SSSR count). The van der Waals surface area contributed by atoms with Crippen molar-refractivity contribution in [1.29, 1.82) is 0 Å². The fraction of sp³-hybridized carbons (Fsp3) is 0.409. The van der Waals surface area contributed by atoms with Crippen LogP contribution in [0, 0.1) is 24.5 Å². The van der Waals surface area contributed by atoms with Gasteiger partial charge in [0, 0.05) is 12.0 Å². The van der Waals surface area contributed by atoms with Gasteiger partial charge in [0.05, 0.1) is 13.2 Å². The predicted molar refractivity (Wildman–Crippen MR) is 103 cm³/mol. The zero-order valence-electron chi connectivity index (χ0n) is 16.2. The van der Waals surface area contributed by atoms with Crippen LogP contribution < -0.4 is 9.47 Å². The Morgan fingerprint density at radius 2 is 1.75 bits per heavy atom. The van der Waals surface area contributed by atoms with E-state index in [2.05, 4.69) is 0 Å². The zero-order valence-corrected chi connectivity index (χ0v) is 16.2. The van der Waals surface area contributed by atoms with Gasteiger partial charge in [-0.05, 0) is 55.9 Å². The summed E-state index contributed by atoms with van der Waals surface area (Å²) in [5.74, 6) is -1.05. The summed E-state index contributed by atoms with van der Waals surface area (Å²) in [6.45, 7) is 4.41. The minimum absolute atomic E-state index is 0.0962. The number of hydrogen-bond acceptors (Lipinski definition) is 4. The summed E-state index contributed by atoms with van der Waals surface area (Å²) >= 11 is 0. The summed E-state index contributed by atoms with van der Waals surface area (Å²) in [5, 5.41) is 10.4. The highest BCUT2D eigenvalue weighted by Gasteiger charge is 2.13. The summed E-state index contributed by atoms with van der Waals surface area (Å²) in [6.07, 6.45) is 3.24. The average Bonchev–Trinajstić information content (AvgIpc) is 2.67. The number of halogens is 2. The topological polar surface area (TPSA) is 55.8 Å². The third-order valence-electron chi connectivity index (χ3n) is 4.50. The summed E-state index contributed by atoms with van der Waals surface area (Å²) in [7, 11) is 0. The maximum Gasteiger partial charge on any atom is 0.200 e. The zero-order chi connectivity index (χ0) is 20.5. The summed E-state index contributed by atoms with van der Waals surface area (Å²) in [4.78, 5) is 10.6. The fourth-order valence-corrected chi connectivity index (χ4v) is 2.85. The van der Waals surface area contributed by atoms with Crippen molar-refractivity contribution < 1.29 is 28.2 Å². The second-order valence-corrected chi connectivity index (χ2v) is 6.86. The molecule has 0 aliphatic heterocycles. The molecule has 1 atom stereocenters. The van der Waals surface area contributed by atoms with Crippen LogP contribution in [0.2, 0.25) is 0 Å². The molecule has 0 heterocycles. The maximum atomic E-state index is 13.5. The van der Waals surface area contributed by atoms with Crippen LogP contribution in [0.3, 0.4) is 0 Å². The van der Waals surface area contributed by atoms with E-state index in [4.69, 9.17) is 9.47 Å². The lowest BCUT2D eigenvalue weighted by Gasteiger charge is -2.15. The number of phenolic OH excluding ortho intramolecular Hbond substituents is 1. The van der Waals surface area contributed by atoms with Crippen molar-refractivity contribution >= 4 is 6.29 Å². The van der Waals surface area contributed by atoms with E-state index in [-0.39, 0.29) is 24.0 Å². The maximum absolute atomic E-state index is 13.5. The van der Waals surface area contributed by atoms with Gasteiger partial charge in [-0.25, -0.2) is 4.39 Å². The van der Waals surface area contributed by atoms with Crippen molar-refractivity contribution in [3.63, 3.8) is 0 Å². The number of carbonyl (C=O) groups is 1. The lowest BCUT2D eigenvalue weighted by atomic mass is 9.96. The van der Waals surface area contributed by atoms with Crippen LogP contribution in [-0.2, 0) is 11.2 Å². The first kappa shape index (κ1) is 21.7. The van der Waals surface area contributed by atoms with E-state index in [0.717, 1.165) is 17.9 Å². The Kier molecular flexibility index (Phi) is 8.23. The number of rotatable bonds is 11. The Labute approximate surface area is 164 Å². The first-order valence-corrected chi connectivity index (χ1v) is 9.38. The minimum Gasteiger partial charge on any atom is -0.507 e. The van der Waals surface area contributed by atoms with Crippen LogP contribution in [-0.4, -0.2) is 24.6 Å². The molecule has 0 aliphatic rings. The Morgan fingerprint density at radius 3 is 2.43 bits per heavy atom. The average molecular weight is 392 g/mol. The van der Waals surface area contributed by atoms with Gasteiger partial charge in [0.25, 0.3) is 0 Å². The van der Waals surface area contributed by atoms with E-state index >= 15 is 0 Å². The highest BCUT2D eigenvalue weighted by Crippen LogP contribution is 2.32. The minimum atomic E-state index is -0.979. The molecular weight excluding hydrogens is 366 g/mol. The Bertz CT molecular complexity index is 792. The van der Waals surface area contributed by atoms with Crippen molar-refractivity contribution in [2.45, 2.75) is 39.5 Å². The van der Waals surface area contributed by atoms with Crippen molar-refractivity contribution in [3.05, 3.63) is 53.1 Å². The fourth-order valence-electron chi connectivity index (χ4n) is 2.85. The molecule has 0 fully saturated rings. The Hall–Kier alpha value is -2.63. The molecule has 28 heavy (non-hydrogen) atoms. The number of unbranched alkanes of at least 4 members (excludes halogenated alkanes) is 1. The molecule has 0 saturated carbocycles. The molecule has 4 nitrogen and oxygen atoms in total. The monoisotopic (exact) mass is 392 g/mol. The van der Waals surface area contributed by atoms with Crippen LogP contribution in [0.4, 0.5) is 8.78 Å². The Balaban J connectivity index is 1.77. The number of benzene rings is 2. The van der Waals surface area contributed by atoms with E-state index in [1.165, 1.54) is 12.1 Å². The molecule has 0 aromatic heterocycles. The van der Waals surface area contributed by atoms with Crippen molar-refractivity contribution in [1.82, 2.24) is 0 Å². The smallest absolute Gasteiger partial charge is 0.200 e. The molecule has 0 amide bonds. The highest BCUT2D eigenvalue weighted by molar-refractivity contribution is 5.51. The van der Waals surface area contributed by atoms with Gasteiger partial charge in [-0.3, -0.25) is 0 Å². The van der Waals surface area contributed by atoms with E-state index in [1.807, 2.05) is 19.1 Å². The van der Waals surface area contributed by atoms with Gasteiger partial charge in [0.2, 0.25) is 5.82 Å². The molecule has 0 spiro atoms. The number of ether oxygens (including phenoxy) is 2. The summed E-state index contributed by atoms with van der Waals surface area (Å²) < 4.78 is 37.5. The molecule has 0 radical (unpaired) electrons. The second-order valence-electron chi connectivity index (χ2n) is 6.86. The van der Waals surface area contributed by atoms with Crippen molar-refractivity contribution in [2.75, 3.05) is 13.2 Å². The molecule has 152 valence electrons. The molecule has 6 heteroatoms. The SMILES string of the molecule is Cc1c(OCCCCOc2cccc(F)c2F)ccc(CC(C)CC=O)c1O. The standard InChI is InChI=1S/C22H26F2O4/c1-15(10-11-25)14-17-8-9-19(16(2)22(17)26)27-12-3-4-13-28-20-7-5-6-18(23)21(20)24/h5-9,11,15,26H,3-4,10,12-14H2,1-2H3. The number of aldehydes is 1. The molecule has 0 saturated heterocycles. The lowest BCUT2D eigenvalue weighted by molar-refractivity contribution is -0.108. The summed E-state index contributed by atoms with van der Waals surface area (Å²) in [6, 6.07) is 7.46. The van der Waals surface area contributed by atoms with Gasteiger partial charge >= 0.3 is 0 Å². The molecular formula is C22H26F2O4. The van der Waals surface area contributed by atoms with Crippen LogP contribution in [0.15, 0.2) is 30.3 Å². The van der Waals surface area contributed by atoms with Gasteiger partial charge in [-0.2, -0.15) is 4.39 Å². The quantitative estimate of drug-likeness (QED) is 0.433. The van der Waals surface area contributed by atoms with Crippen LogP contribution in [0.25, 0.3) is 0 Å². The van der Waals surface area contributed by atoms with Crippen LogP contribution in [0.5, 0.6) is 17.2 Å². The highest BCUT2D eigenvalue weighted by atomic mass is 19.2. The van der Waals surface area contributed by atoms with Gasteiger partial charge < -0.3 is 19.4 Å². The largest absolute Gasteiger partial charge is 0.507 e. The van der Waals surface area contributed by atoms with Crippen LogP contribution >= 0.6 is 0 Å². The molecule has 2 aromatic carbocycles. The Morgan fingerprint density at radius 1 is 1.07 bits per heavy atom. The third kappa shape index (κ3) is 5.94.